The first-order chi connectivity index (χ1) is 7.07. The number of carbonyl (C=O) groups excluding carboxylic acids is 2. The summed E-state index contributed by atoms with van der Waals surface area (Å²) in [6, 6.07) is -0.649. The van der Waals surface area contributed by atoms with Gasteiger partial charge in [0.05, 0.1) is 18.3 Å². The molecule has 2 aliphatic heterocycles. The third-order valence-electron chi connectivity index (χ3n) is 2.47. The van der Waals surface area contributed by atoms with Crippen molar-refractivity contribution in [2.24, 2.45) is 5.73 Å². The van der Waals surface area contributed by atoms with Gasteiger partial charge in [0, 0.05) is 5.75 Å². The molecule has 2 aliphatic rings. The van der Waals surface area contributed by atoms with Crippen LogP contribution in [0.5, 0.6) is 0 Å². The van der Waals surface area contributed by atoms with Gasteiger partial charge in [0.1, 0.15) is 11.4 Å². The van der Waals surface area contributed by atoms with Crippen molar-refractivity contribution in [1.82, 2.24) is 4.90 Å². The van der Waals surface area contributed by atoms with Crippen molar-refractivity contribution in [1.29, 1.82) is 0 Å². The van der Waals surface area contributed by atoms with Crippen LogP contribution in [-0.4, -0.2) is 45.7 Å². The average Bonchev–Trinajstić information content (AvgIpc) is 2.25. The van der Waals surface area contributed by atoms with Crippen LogP contribution in [-0.2, 0) is 9.59 Å². The van der Waals surface area contributed by atoms with Gasteiger partial charge in [-0.15, -0.1) is 11.8 Å². The maximum absolute atomic E-state index is 11.4. The zero-order valence-electron chi connectivity index (χ0n) is 8.67. The third kappa shape index (κ3) is 1.92. The smallest absolute Gasteiger partial charge is 0.543 e. The number of hydrogen-bond acceptors (Lipinski definition) is 6. The molecule has 2 rings (SSSR count). The monoisotopic (exact) mass is 252 g/mol. The van der Waals surface area contributed by atoms with E-state index in [9.17, 15) is 14.7 Å². The number of carboxylic acid groups (broad SMARTS) is 1. The first kappa shape index (κ1) is 14.0. The van der Waals surface area contributed by atoms with Crippen LogP contribution in [0.25, 0.3) is 0 Å². The molecule has 16 heavy (non-hydrogen) atoms. The molecule has 2 heterocycles. The molecule has 1 fully saturated rings. The molecular weight excluding hydrogens is 243 g/mol. The number of nitrogens with zero attached hydrogens (tertiary/aromatic N) is 1. The number of aliphatic hydroxyl groups is 1. The Bertz CT molecular complexity index is 373. The number of aliphatic hydroxyl groups excluding tert-OH is 1. The maximum atomic E-state index is 11.4. The number of fused-ring (bicyclic) bond motifs is 1. The summed E-state index contributed by atoms with van der Waals surface area (Å²) < 4.78 is 0. The predicted octanol–water partition coefficient (Wildman–Crippen LogP) is -5.77. The SMILES string of the molecule is NC1C(=O)N2C(C(=O)[O-])=C(CO)CS[C@@H]12.[Na+]. The molecule has 0 bridgehead atoms. The predicted molar refractivity (Wildman–Crippen MR) is 50.2 cm³/mol. The largest absolute Gasteiger partial charge is 1.00 e. The first-order valence-electron chi connectivity index (χ1n) is 4.32. The molecule has 2 atom stereocenters. The Morgan fingerprint density at radius 3 is 2.81 bits per heavy atom. The molecule has 0 aromatic rings. The number of nitrogens with two attached hydrogens (primary N) is 1. The van der Waals surface area contributed by atoms with E-state index in [1.54, 1.807) is 0 Å². The standard InChI is InChI=1S/C8H10N2O4S.Na/c9-4-6(12)10-5(8(13)14)3(1-11)2-15-7(4)10;/h4,7,11H,1-2,9H2,(H,13,14);/q;+1/p-1/t4?,7-;/m0./s1. The van der Waals surface area contributed by atoms with Crippen molar-refractivity contribution in [2.75, 3.05) is 12.4 Å². The zero-order chi connectivity index (χ0) is 11.2. The van der Waals surface area contributed by atoms with E-state index in [2.05, 4.69) is 0 Å². The molecule has 0 radical (unpaired) electrons. The Kier molecular flexibility index (Phi) is 4.44. The van der Waals surface area contributed by atoms with Gasteiger partial charge in [0.2, 0.25) is 5.91 Å². The zero-order valence-corrected chi connectivity index (χ0v) is 11.5. The van der Waals surface area contributed by atoms with Gasteiger partial charge in [-0.1, -0.05) is 0 Å². The molecule has 1 saturated heterocycles. The second-order valence-corrected chi connectivity index (χ2v) is 4.44. The minimum Gasteiger partial charge on any atom is -0.543 e. The summed E-state index contributed by atoms with van der Waals surface area (Å²) in [6.07, 6.45) is 0. The quantitative estimate of drug-likeness (QED) is 0.374. The van der Waals surface area contributed by atoms with Crippen LogP contribution >= 0.6 is 11.8 Å². The number of amides is 1. The average molecular weight is 252 g/mol. The van der Waals surface area contributed by atoms with Crippen molar-refractivity contribution < 1.29 is 49.4 Å². The molecule has 8 heteroatoms. The third-order valence-corrected chi connectivity index (χ3v) is 3.83. The van der Waals surface area contributed by atoms with Gasteiger partial charge in [-0.3, -0.25) is 9.69 Å². The summed E-state index contributed by atoms with van der Waals surface area (Å²) in [5.41, 5.74) is 5.60. The number of hydrogen-bond donors (Lipinski definition) is 2. The topological polar surface area (TPSA) is 107 Å². The maximum Gasteiger partial charge on any atom is 1.00 e. The van der Waals surface area contributed by atoms with Crippen LogP contribution in [0.2, 0.25) is 0 Å². The number of aliphatic carboxylic acids is 1. The minimum absolute atomic E-state index is 0. The van der Waals surface area contributed by atoms with Crippen LogP contribution < -0.4 is 40.4 Å². The van der Waals surface area contributed by atoms with E-state index < -0.39 is 17.9 Å². The second-order valence-electron chi connectivity index (χ2n) is 3.33. The number of thioether (sulfide) groups is 1. The van der Waals surface area contributed by atoms with E-state index in [0.29, 0.717) is 11.3 Å². The number of carbonyl (C=O) groups is 2. The molecule has 0 aromatic carbocycles. The fourth-order valence-corrected chi connectivity index (χ4v) is 2.97. The van der Waals surface area contributed by atoms with Gasteiger partial charge >= 0.3 is 29.6 Å². The summed E-state index contributed by atoms with van der Waals surface area (Å²) >= 11 is 1.35. The molecule has 0 aliphatic carbocycles. The molecule has 3 N–H and O–H groups in total. The van der Waals surface area contributed by atoms with E-state index >= 15 is 0 Å². The fraction of sp³-hybridized carbons (Fsp3) is 0.500. The fourth-order valence-electron chi connectivity index (χ4n) is 1.69. The second kappa shape index (κ2) is 5.07. The summed E-state index contributed by atoms with van der Waals surface area (Å²) in [5, 5.41) is 19.5. The van der Waals surface area contributed by atoms with E-state index in [4.69, 9.17) is 10.8 Å². The van der Waals surface area contributed by atoms with Crippen LogP contribution in [0.15, 0.2) is 11.3 Å². The molecule has 0 aromatic heterocycles. The van der Waals surface area contributed by atoms with Crippen molar-refractivity contribution in [3.05, 3.63) is 11.3 Å². The summed E-state index contributed by atoms with van der Waals surface area (Å²) in [5.74, 6) is -1.51. The molecule has 82 valence electrons. The molecule has 0 saturated carbocycles. The van der Waals surface area contributed by atoms with E-state index in [0.717, 1.165) is 4.90 Å². The van der Waals surface area contributed by atoms with Crippen LogP contribution in [0, 0.1) is 0 Å². The Morgan fingerprint density at radius 1 is 1.69 bits per heavy atom. The molecule has 1 amide bonds. The molecule has 1 unspecified atom stereocenters. The van der Waals surface area contributed by atoms with Crippen molar-refractivity contribution >= 4 is 23.6 Å². The molecular formula is C8H9N2NaO4S. The summed E-state index contributed by atoms with van der Waals surface area (Å²) in [4.78, 5) is 23.3. The Labute approximate surface area is 118 Å². The van der Waals surface area contributed by atoms with Crippen LogP contribution in [0.4, 0.5) is 0 Å². The summed E-state index contributed by atoms with van der Waals surface area (Å²) in [6.45, 7) is -0.387. The van der Waals surface area contributed by atoms with E-state index in [1.165, 1.54) is 11.8 Å². The van der Waals surface area contributed by atoms with Crippen molar-refractivity contribution in [3.8, 4) is 0 Å². The van der Waals surface area contributed by atoms with Gasteiger partial charge in [0.25, 0.3) is 0 Å². The first-order valence-corrected chi connectivity index (χ1v) is 5.37. The van der Waals surface area contributed by atoms with E-state index in [1.807, 2.05) is 0 Å². The number of rotatable bonds is 2. The van der Waals surface area contributed by atoms with Crippen molar-refractivity contribution in [2.45, 2.75) is 11.4 Å². The van der Waals surface area contributed by atoms with Crippen LogP contribution in [0.1, 0.15) is 0 Å². The number of β-lactam (4-membered cyclic amide) rings is 1. The van der Waals surface area contributed by atoms with Gasteiger partial charge in [-0.2, -0.15) is 0 Å². The van der Waals surface area contributed by atoms with Gasteiger partial charge in [0.15, 0.2) is 0 Å². The van der Waals surface area contributed by atoms with Gasteiger partial charge in [-0.05, 0) is 5.57 Å². The summed E-state index contributed by atoms with van der Waals surface area (Å²) in [7, 11) is 0. The molecule has 6 nitrogen and oxygen atoms in total. The van der Waals surface area contributed by atoms with E-state index in [-0.39, 0.29) is 47.2 Å². The Morgan fingerprint density at radius 2 is 2.31 bits per heavy atom. The van der Waals surface area contributed by atoms with Gasteiger partial charge < -0.3 is 20.7 Å². The molecule has 0 spiro atoms. The number of carboxylic acids is 1. The Balaban J connectivity index is 0.00000128. The Hall–Kier alpha value is -0.0500. The minimum atomic E-state index is -1.44. The van der Waals surface area contributed by atoms with Crippen molar-refractivity contribution in [3.63, 3.8) is 0 Å². The van der Waals surface area contributed by atoms with Gasteiger partial charge in [-0.25, -0.2) is 0 Å². The van der Waals surface area contributed by atoms with Crippen LogP contribution in [0.3, 0.4) is 0 Å². The normalized spacial score (nSPS) is 28.1.